The molecule has 1 amide bonds. The molecule has 1 saturated carbocycles. The third kappa shape index (κ3) is 2.91. The first-order chi connectivity index (χ1) is 9.00. The number of carbonyl (C=O) groups excluding carboxylic acids is 1. The maximum absolute atomic E-state index is 12.3. The minimum Gasteiger partial charge on any atom is -0.508 e. The second-order valence-electron chi connectivity index (χ2n) is 5.80. The van der Waals surface area contributed by atoms with Crippen LogP contribution in [0, 0.1) is 18.8 Å². The molecule has 3 unspecified atom stereocenters. The van der Waals surface area contributed by atoms with Gasteiger partial charge in [0.25, 0.3) is 5.91 Å². The van der Waals surface area contributed by atoms with Gasteiger partial charge in [0.15, 0.2) is 0 Å². The van der Waals surface area contributed by atoms with Crippen LogP contribution in [0.3, 0.4) is 0 Å². The van der Waals surface area contributed by atoms with Crippen molar-refractivity contribution in [3.8, 4) is 5.75 Å². The summed E-state index contributed by atoms with van der Waals surface area (Å²) >= 11 is 0. The van der Waals surface area contributed by atoms with Crippen LogP contribution in [0.5, 0.6) is 5.75 Å². The number of hydrogen-bond acceptors (Lipinski definition) is 2. The van der Waals surface area contributed by atoms with Crippen molar-refractivity contribution in [1.82, 2.24) is 5.32 Å². The number of hydrogen-bond donors (Lipinski definition) is 2. The van der Waals surface area contributed by atoms with Gasteiger partial charge in [0.2, 0.25) is 0 Å². The first-order valence-electron chi connectivity index (χ1n) is 7.10. The van der Waals surface area contributed by atoms with E-state index < -0.39 is 0 Å². The first-order valence-corrected chi connectivity index (χ1v) is 7.10. The Balaban J connectivity index is 2.10. The molecule has 19 heavy (non-hydrogen) atoms. The minimum atomic E-state index is -0.0700. The zero-order valence-electron chi connectivity index (χ0n) is 11.9. The van der Waals surface area contributed by atoms with Gasteiger partial charge in [-0.25, -0.2) is 0 Å². The van der Waals surface area contributed by atoms with E-state index in [4.69, 9.17) is 0 Å². The standard InChI is InChI=1S/C16H23NO2/c1-10-6-4-8-14(11(10)2)17-16(19)13-7-5-9-15(18)12(13)3/h5,7,9-11,14,18H,4,6,8H2,1-3H3,(H,17,19). The fourth-order valence-corrected chi connectivity index (χ4v) is 2.90. The van der Waals surface area contributed by atoms with Crippen LogP contribution in [0.25, 0.3) is 0 Å². The van der Waals surface area contributed by atoms with Gasteiger partial charge in [-0.2, -0.15) is 0 Å². The second-order valence-corrected chi connectivity index (χ2v) is 5.80. The van der Waals surface area contributed by atoms with Crippen LogP contribution in [0.2, 0.25) is 0 Å². The monoisotopic (exact) mass is 261 g/mol. The molecule has 3 nitrogen and oxygen atoms in total. The van der Waals surface area contributed by atoms with E-state index in [1.165, 1.54) is 12.8 Å². The molecule has 1 aromatic carbocycles. The summed E-state index contributed by atoms with van der Waals surface area (Å²) < 4.78 is 0. The lowest BCUT2D eigenvalue weighted by molar-refractivity contribution is 0.0890. The molecule has 1 fully saturated rings. The Bertz CT molecular complexity index is 470. The predicted octanol–water partition coefficient (Wildman–Crippen LogP) is 3.26. The molecular formula is C16H23NO2. The lowest BCUT2D eigenvalue weighted by Gasteiger charge is -2.34. The van der Waals surface area contributed by atoms with Gasteiger partial charge >= 0.3 is 0 Å². The highest BCUT2D eigenvalue weighted by molar-refractivity contribution is 5.96. The summed E-state index contributed by atoms with van der Waals surface area (Å²) in [6.45, 7) is 6.24. The quantitative estimate of drug-likeness (QED) is 0.858. The van der Waals surface area contributed by atoms with Gasteiger partial charge in [0, 0.05) is 17.2 Å². The molecular weight excluding hydrogens is 238 g/mol. The van der Waals surface area contributed by atoms with E-state index in [1.807, 2.05) is 0 Å². The molecule has 0 spiro atoms. The predicted molar refractivity (Wildman–Crippen MR) is 76.3 cm³/mol. The maximum Gasteiger partial charge on any atom is 0.251 e. The maximum atomic E-state index is 12.3. The summed E-state index contributed by atoms with van der Waals surface area (Å²) in [5.41, 5.74) is 1.22. The van der Waals surface area contributed by atoms with Gasteiger partial charge in [-0.3, -0.25) is 4.79 Å². The van der Waals surface area contributed by atoms with E-state index >= 15 is 0 Å². The van der Waals surface area contributed by atoms with Crippen molar-refractivity contribution in [3.05, 3.63) is 29.3 Å². The summed E-state index contributed by atoms with van der Waals surface area (Å²) in [5, 5.41) is 12.8. The average molecular weight is 261 g/mol. The van der Waals surface area contributed by atoms with Crippen LogP contribution in [0.4, 0.5) is 0 Å². The van der Waals surface area contributed by atoms with Gasteiger partial charge in [-0.05, 0) is 37.3 Å². The van der Waals surface area contributed by atoms with E-state index in [-0.39, 0.29) is 17.7 Å². The van der Waals surface area contributed by atoms with Crippen LogP contribution < -0.4 is 5.32 Å². The number of nitrogens with one attached hydrogen (secondary N) is 1. The smallest absolute Gasteiger partial charge is 0.251 e. The average Bonchev–Trinajstić information content (AvgIpc) is 2.38. The molecule has 2 N–H and O–H groups in total. The van der Waals surface area contributed by atoms with E-state index in [2.05, 4.69) is 19.2 Å². The molecule has 0 bridgehead atoms. The van der Waals surface area contributed by atoms with Gasteiger partial charge in [0.05, 0.1) is 0 Å². The third-order valence-electron chi connectivity index (χ3n) is 4.57. The molecule has 1 aliphatic carbocycles. The number of carbonyl (C=O) groups is 1. The molecule has 0 aromatic heterocycles. The Morgan fingerprint density at radius 3 is 2.79 bits per heavy atom. The Labute approximate surface area is 115 Å². The number of benzene rings is 1. The summed E-state index contributed by atoms with van der Waals surface area (Å²) in [7, 11) is 0. The van der Waals surface area contributed by atoms with Crippen molar-refractivity contribution in [1.29, 1.82) is 0 Å². The van der Waals surface area contributed by atoms with Crippen LogP contribution in [0.1, 0.15) is 49.0 Å². The summed E-state index contributed by atoms with van der Waals surface area (Å²) in [6.07, 6.45) is 3.48. The third-order valence-corrected chi connectivity index (χ3v) is 4.57. The summed E-state index contributed by atoms with van der Waals surface area (Å²) in [4.78, 5) is 12.3. The zero-order valence-corrected chi connectivity index (χ0v) is 11.9. The first kappa shape index (κ1) is 13.9. The molecule has 2 rings (SSSR count). The topological polar surface area (TPSA) is 49.3 Å². The van der Waals surface area contributed by atoms with E-state index in [1.54, 1.807) is 25.1 Å². The number of phenolic OH excluding ortho intramolecular Hbond substituents is 1. The van der Waals surface area contributed by atoms with E-state index in [0.29, 0.717) is 23.0 Å². The van der Waals surface area contributed by atoms with Crippen molar-refractivity contribution in [2.45, 2.75) is 46.1 Å². The minimum absolute atomic E-state index is 0.0700. The molecule has 1 aromatic rings. The molecule has 0 radical (unpaired) electrons. The highest BCUT2D eigenvalue weighted by Gasteiger charge is 2.28. The van der Waals surface area contributed by atoms with Gasteiger partial charge in [0.1, 0.15) is 5.75 Å². The van der Waals surface area contributed by atoms with Gasteiger partial charge in [-0.1, -0.05) is 32.8 Å². The highest BCUT2D eigenvalue weighted by Crippen LogP contribution is 2.30. The largest absolute Gasteiger partial charge is 0.508 e. The molecule has 0 heterocycles. The molecule has 3 atom stereocenters. The Morgan fingerprint density at radius 1 is 1.32 bits per heavy atom. The normalized spacial score (nSPS) is 27.0. The molecule has 1 aliphatic rings. The fraction of sp³-hybridized carbons (Fsp3) is 0.562. The fourth-order valence-electron chi connectivity index (χ4n) is 2.90. The lowest BCUT2D eigenvalue weighted by Crippen LogP contribution is -2.43. The van der Waals surface area contributed by atoms with Crippen molar-refractivity contribution in [2.24, 2.45) is 11.8 Å². The van der Waals surface area contributed by atoms with Crippen LogP contribution in [-0.2, 0) is 0 Å². The molecule has 0 saturated heterocycles. The lowest BCUT2D eigenvalue weighted by atomic mass is 9.78. The Kier molecular flexibility index (Phi) is 4.13. The number of rotatable bonds is 2. The number of aromatic hydroxyl groups is 1. The second kappa shape index (κ2) is 5.64. The Hall–Kier alpha value is -1.51. The zero-order chi connectivity index (χ0) is 14.0. The number of phenols is 1. The van der Waals surface area contributed by atoms with Crippen molar-refractivity contribution < 1.29 is 9.90 Å². The van der Waals surface area contributed by atoms with Crippen LogP contribution in [0.15, 0.2) is 18.2 Å². The molecule has 104 valence electrons. The van der Waals surface area contributed by atoms with Crippen molar-refractivity contribution in [2.75, 3.05) is 0 Å². The SMILES string of the molecule is Cc1c(O)cccc1C(=O)NC1CCCC(C)C1C. The molecule has 3 heteroatoms. The molecule has 0 aliphatic heterocycles. The van der Waals surface area contributed by atoms with Crippen molar-refractivity contribution in [3.63, 3.8) is 0 Å². The van der Waals surface area contributed by atoms with Crippen LogP contribution >= 0.6 is 0 Å². The number of amides is 1. The summed E-state index contributed by atoms with van der Waals surface area (Å²) in [6, 6.07) is 5.33. The van der Waals surface area contributed by atoms with Gasteiger partial charge < -0.3 is 10.4 Å². The highest BCUT2D eigenvalue weighted by atomic mass is 16.3. The van der Waals surface area contributed by atoms with Gasteiger partial charge in [-0.15, -0.1) is 0 Å². The Morgan fingerprint density at radius 2 is 2.05 bits per heavy atom. The van der Waals surface area contributed by atoms with E-state index in [0.717, 1.165) is 6.42 Å². The van der Waals surface area contributed by atoms with E-state index in [9.17, 15) is 9.90 Å². The van der Waals surface area contributed by atoms with Crippen LogP contribution in [-0.4, -0.2) is 17.1 Å². The van der Waals surface area contributed by atoms with Crippen molar-refractivity contribution >= 4 is 5.91 Å². The summed E-state index contributed by atoms with van der Waals surface area (Å²) in [5.74, 6) is 1.27.